The fourth-order valence-corrected chi connectivity index (χ4v) is 5.29. The zero-order valence-electron chi connectivity index (χ0n) is 18.0. The largest absolute Gasteiger partial charge is 0.281 e. The molecule has 1 aliphatic heterocycles. The summed E-state index contributed by atoms with van der Waals surface area (Å²) in [6.45, 7) is 0. The van der Waals surface area contributed by atoms with Gasteiger partial charge in [0.15, 0.2) is 5.11 Å². The minimum atomic E-state index is -0.400. The molecule has 0 radical (unpaired) electrons. The number of halogens is 1. The Morgan fingerprint density at radius 3 is 2.30 bits per heavy atom. The highest BCUT2D eigenvalue weighted by Gasteiger charge is 2.43. The van der Waals surface area contributed by atoms with Crippen LogP contribution in [0.15, 0.2) is 72.3 Å². The summed E-state index contributed by atoms with van der Waals surface area (Å²) in [7, 11) is 0. The van der Waals surface area contributed by atoms with Crippen molar-refractivity contribution in [3.05, 3.63) is 82.9 Å². The van der Waals surface area contributed by atoms with E-state index < -0.39 is 5.91 Å². The molecular formula is C27H23ClN2O2S. The van der Waals surface area contributed by atoms with Crippen molar-refractivity contribution in [1.29, 1.82) is 0 Å². The van der Waals surface area contributed by atoms with Crippen LogP contribution in [0.1, 0.15) is 37.7 Å². The summed E-state index contributed by atoms with van der Waals surface area (Å²) >= 11 is 11.9. The molecule has 0 N–H and O–H groups in total. The lowest BCUT2D eigenvalue weighted by atomic mass is 9.92. The molecule has 0 atom stereocenters. The molecule has 0 aromatic heterocycles. The number of benzene rings is 3. The van der Waals surface area contributed by atoms with E-state index in [2.05, 4.69) is 0 Å². The molecule has 33 heavy (non-hydrogen) atoms. The first-order valence-corrected chi connectivity index (χ1v) is 12.0. The van der Waals surface area contributed by atoms with Crippen molar-refractivity contribution in [1.82, 2.24) is 4.90 Å². The molecule has 2 amide bonds. The van der Waals surface area contributed by atoms with Crippen molar-refractivity contribution in [2.75, 3.05) is 4.90 Å². The average Bonchev–Trinajstić information content (AvgIpc) is 2.84. The summed E-state index contributed by atoms with van der Waals surface area (Å²) in [5.74, 6) is -0.716. The molecule has 2 fully saturated rings. The van der Waals surface area contributed by atoms with E-state index in [1.165, 1.54) is 4.90 Å². The van der Waals surface area contributed by atoms with Crippen LogP contribution in [0.5, 0.6) is 0 Å². The van der Waals surface area contributed by atoms with Crippen LogP contribution < -0.4 is 4.90 Å². The molecular weight excluding hydrogens is 452 g/mol. The second-order valence-corrected chi connectivity index (χ2v) is 9.30. The third-order valence-electron chi connectivity index (χ3n) is 6.41. The fraction of sp³-hybridized carbons (Fsp3) is 0.222. The standard InChI is InChI=1S/C27H23ClN2O2S/c28-20-15-13-18(14-16-20)17-23-25(31)29(21-9-2-1-3-10-21)27(33)30(26(23)32)24-12-6-8-19-7-4-5-11-22(19)24/h4-8,11-17,21H,1-3,9-10H2/b23-17-. The molecule has 3 aromatic rings. The van der Waals surface area contributed by atoms with Crippen molar-refractivity contribution in [3.8, 4) is 0 Å². The van der Waals surface area contributed by atoms with Crippen LogP contribution >= 0.6 is 23.8 Å². The van der Waals surface area contributed by atoms with E-state index in [0.717, 1.165) is 48.4 Å². The first-order valence-electron chi connectivity index (χ1n) is 11.2. The van der Waals surface area contributed by atoms with E-state index in [-0.39, 0.29) is 22.6 Å². The Balaban J connectivity index is 1.66. The third kappa shape index (κ3) is 4.07. The number of hydrogen-bond donors (Lipinski definition) is 0. The lowest BCUT2D eigenvalue weighted by Gasteiger charge is -2.42. The Morgan fingerprint density at radius 1 is 0.848 bits per heavy atom. The first kappa shape index (κ1) is 21.8. The number of carbonyl (C=O) groups excluding carboxylic acids is 2. The Kier molecular flexibility index (Phi) is 6.00. The van der Waals surface area contributed by atoms with Gasteiger partial charge in [0, 0.05) is 16.5 Å². The number of thiocarbonyl (C=S) groups is 1. The topological polar surface area (TPSA) is 40.6 Å². The second-order valence-electron chi connectivity index (χ2n) is 8.50. The maximum absolute atomic E-state index is 13.8. The zero-order valence-corrected chi connectivity index (χ0v) is 19.6. The molecule has 6 heteroatoms. The van der Waals surface area contributed by atoms with Crippen molar-refractivity contribution >= 4 is 63.3 Å². The van der Waals surface area contributed by atoms with E-state index >= 15 is 0 Å². The Bertz CT molecular complexity index is 1270. The van der Waals surface area contributed by atoms with Gasteiger partial charge >= 0.3 is 0 Å². The summed E-state index contributed by atoms with van der Waals surface area (Å²) < 4.78 is 0. The normalized spacial score (nSPS) is 19.1. The highest BCUT2D eigenvalue weighted by molar-refractivity contribution is 7.80. The van der Waals surface area contributed by atoms with E-state index in [1.807, 2.05) is 42.5 Å². The third-order valence-corrected chi connectivity index (χ3v) is 7.04. The molecule has 2 aliphatic rings. The molecule has 166 valence electrons. The number of amides is 2. The summed E-state index contributed by atoms with van der Waals surface area (Å²) in [6.07, 6.45) is 6.68. The maximum atomic E-state index is 13.8. The minimum absolute atomic E-state index is 0.00190. The molecule has 0 spiro atoms. The van der Waals surface area contributed by atoms with Gasteiger partial charge in [0.05, 0.1) is 5.69 Å². The van der Waals surface area contributed by atoms with Gasteiger partial charge in [0.1, 0.15) is 5.57 Å². The van der Waals surface area contributed by atoms with Gasteiger partial charge < -0.3 is 0 Å². The van der Waals surface area contributed by atoms with Crippen molar-refractivity contribution < 1.29 is 9.59 Å². The molecule has 1 saturated carbocycles. The quantitative estimate of drug-likeness (QED) is 0.251. The number of anilines is 1. The monoisotopic (exact) mass is 474 g/mol. The van der Waals surface area contributed by atoms with Crippen LogP contribution in [-0.4, -0.2) is 27.9 Å². The average molecular weight is 475 g/mol. The van der Waals surface area contributed by atoms with Gasteiger partial charge in [-0.2, -0.15) is 0 Å². The van der Waals surface area contributed by atoms with Crippen LogP contribution in [0.4, 0.5) is 5.69 Å². The highest BCUT2D eigenvalue weighted by Crippen LogP contribution is 2.35. The Morgan fingerprint density at radius 2 is 1.55 bits per heavy atom. The summed E-state index contributed by atoms with van der Waals surface area (Å²) in [5, 5.41) is 2.79. The van der Waals surface area contributed by atoms with Crippen molar-refractivity contribution in [3.63, 3.8) is 0 Å². The fourth-order valence-electron chi connectivity index (χ4n) is 4.75. The van der Waals surface area contributed by atoms with Crippen LogP contribution in [0.2, 0.25) is 5.02 Å². The van der Waals surface area contributed by atoms with Gasteiger partial charge in [0.2, 0.25) is 0 Å². The van der Waals surface area contributed by atoms with Crippen LogP contribution in [0, 0.1) is 0 Å². The Hall–Kier alpha value is -3.02. The number of fused-ring (bicyclic) bond motifs is 1. The number of carbonyl (C=O) groups is 2. The summed E-state index contributed by atoms with van der Waals surface area (Å²) in [4.78, 5) is 30.7. The second kappa shape index (κ2) is 9.08. The minimum Gasteiger partial charge on any atom is -0.281 e. The van der Waals surface area contributed by atoms with Crippen LogP contribution in [-0.2, 0) is 9.59 Å². The van der Waals surface area contributed by atoms with Crippen molar-refractivity contribution in [2.45, 2.75) is 38.1 Å². The van der Waals surface area contributed by atoms with Gasteiger partial charge in [-0.25, -0.2) is 0 Å². The van der Waals surface area contributed by atoms with E-state index in [9.17, 15) is 9.59 Å². The van der Waals surface area contributed by atoms with Gasteiger partial charge in [-0.05, 0) is 60.3 Å². The van der Waals surface area contributed by atoms with Crippen LogP contribution in [0.25, 0.3) is 16.8 Å². The lowest BCUT2D eigenvalue weighted by Crippen LogP contribution is -2.60. The van der Waals surface area contributed by atoms with Crippen molar-refractivity contribution in [2.24, 2.45) is 0 Å². The number of rotatable bonds is 3. The molecule has 1 aliphatic carbocycles. The van der Waals surface area contributed by atoms with E-state index in [0.29, 0.717) is 10.7 Å². The summed E-state index contributed by atoms with van der Waals surface area (Å²) in [5.41, 5.74) is 1.55. The van der Waals surface area contributed by atoms with E-state index in [4.69, 9.17) is 23.8 Å². The molecule has 5 rings (SSSR count). The van der Waals surface area contributed by atoms with Gasteiger partial charge in [-0.1, -0.05) is 79.4 Å². The predicted molar refractivity (Wildman–Crippen MR) is 137 cm³/mol. The molecule has 3 aromatic carbocycles. The predicted octanol–water partition coefficient (Wildman–Crippen LogP) is 6.37. The smallest absolute Gasteiger partial charge is 0.270 e. The zero-order chi connectivity index (χ0) is 22.9. The van der Waals surface area contributed by atoms with Crippen LogP contribution in [0.3, 0.4) is 0 Å². The van der Waals surface area contributed by atoms with Gasteiger partial charge in [-0.15, -0.1) is 0 Å². The lowest BCUT2D eigenvalue weighted by molar-refractivity contribution is -0.129. The summed E-state index contributed by atoms with van der Waals surface area (Å²) in [6, 6.07) is 20.8. The Labute approximate surface area is 203 Å². The molecule has 4 nitrogen and oxygen atoms in total. The van der Waals surface area contributed by atoms with Gasteiger partial charge in [0.25, 0.3) is 11.8 Å². The SMILES string of the molecule is O=C1/C(=C\c2ccc(Cl)cc2)C(=O)N(C2CCCCC2)C(=S)N1c1cccc2ccccc12. The first-order chi connectivity index (χ1) is 16.0. The molecule has 0 unspecified atom stereocenters. The highest BCUT2D eigenvalue weighted by atomic mass is 35.5. The van der Waals surface area contributed by atoms with E-state index in [1.54, 1.807) is 35.2 Å². The number of nitrogens with zero attached hydrogens (tertiary/aromatic N) is 2. The molecule has 0 bridgehead atoms. The number of hydrogen-bond acceptors (Lipinski definition) is 3. The van der Waals surface area contributed by atoms with Gasteiger partial charge in [-0.3, -0.25) is 19.4 Å². The molecule has 1 saturated heterocycles. The molecule has 1 heterocycles. The maximum Gasteiger partial charge on any atom is 0.270 e.